The van der Waals surface area contributed by atoms with Crippen molar-refractivity contribution in [2.75, 3.05) is 6.54 Å². The van der Waals surface area contributed by atoms with Gasteiger partial charge < -0.3 is 4.98 Å². The van der Waals surface area contributed by atoms with Crippen LogP contribution in [0.4, 0.5) is 10.1 Å². The van der Waals surface area contributed by atoms with Crippen LogP contribution >= 0.6 is 0 Å². The monoisotopic (exact) mass is 381 g/mol. The number of H-pyrrole nitrogens is 1. The van der Waals surface area contributed by atoms with Crippen molar-refractivity contribution in [1.29, 1.82) is 0 Å². The number of nitro groups is 1. The Kier molecular flexibility index (Phi) is 4.66. The van der Waals surface area contributed by atoms with Gasteiger partial charge in [0, 0.05) is 50.1 Å². The summed E-state index contributed by atoms with van der Waals surface area (Å²) >= 11 is 0. The number of halogens is 1. The second-order valence-electron chi connectivity index (χ2n) is 6.58. The number of rotatable bonds is 4. The first kappa shape index (κ1) is 17.9. The number of nitro benzene ring substituents is 1. The summed E-state index contributed by atoms with van der Waals surface area (Å²) in [6.07, 6.45) is 3.86. The van der Waals surface area contributed by atoms with Crippen molar-refractivity contribution in [3.05, 3.63) is 85.8 Å². The number of benzene rings is 1. The molecule has 0 saturated heterocycles. The summed E-state index contributed by atoms with van der Waals surface area (Å²) in [7, 11) is 0. The summed E-state index contributed by atoms with van der Waals surface area (Å²) in [4.78, 5) is 36.1. The molecule has 3 aromatic rings. The number of fused-ring (bicyclic) bond motifs is 1. The summed E-state index contributed by atoms with van der Waals surface area (Å²) < 4.78 is 13.5. The number of pyridine rings is 1. The zero-order valence-electron chi connectivity index (χ0n) is 14.8. The Bertz CT molecular complexity index is 1100. The van der Waals surface area contributed by atoms with Gasteiger partial charge in [0.1, 0.15) is 5.82 Å². The van der Waals surface area contributed by atoms with Gasteiger partial charge in [0.05, 0.1) is 16.2 Å². The number of hydrogen-bond acceptors (Lipinski definition) is 6. The second kappa shape index (κ2) is 7.28. The molecule has 0 spiro atoms. The minimum Gasteiger partial charge on any atom is -0.306 e. The van der Waals surface area contributed by atoms with Gasteiger partial charge in [-0.1, -0.05) is 6.07 Å². The summed E-state index contributed by atoms with van der Waals surface area (Å²) in [5.41, 5.74) is 1.99. The molecule has 1 aliphatic heterocycles. The first-order valence-corrected chi connectivity index (χ1v) is 8.69. The zero-order chi connectivity index (χ0) is 19.7. The Balaban J connectivity index is 1.57. The van der Waals surface area contributed by atoms with Gasteiger partial charge in [-0.25, -0.2) is 4.98 Å². The molecule has 0 amide bonds. The van der Waals surface area contributed by atoms with Crippen LogP contribution < -0.4 is 5.56 Å². The molecule has 8 nitrogen and oxygen atoms in total. The highest BCUT2D eigenvalue weighted by Crippen LogP contribution is 2.22. The maximum Gasteiger partial charge on any atom is 0.305 e. The molecule has 1 aliphatic rings. The third kappa shape index (κ3) is 3.52. The standard InChI is InChI=1S/C19H16FN5O3/c20-15-2-1-12(9-17(15)25(27)28)10-24-8-5-16-14(11-24)19(26)23-18(22-16)13-3-6-21-7-4-13/h1-4,6-7,9H,5,8,10-11H2,(H,22,23,26). The second-order valence-corrected chi connectivity index (χ2v) is 6.58. The van der Waals surface area contributed by atoms with E-state index in [2.05, 4.69) is 15.0 Å². The minimum absolute atomic E-state index is 0.202. The predicted octanol–water partition coefficient (Wildman–Crippen LogP) is 2.44. The number of nitrogens with one attached hydrogen (secondary N) is 1. The lowest BCUT2D eigenvalue weighted by molar-refractivity contribution is -0.387. The van der Waals surface area contributed by atoms with Gasteiger partial charge in [-0.05, 0) is 23.8 Å². The van der Waals surface area contributed by atoms with Crippen LogP contribution in [0, 0.1) is 15.9 Å². The van der Waals surface area contributed by atoms with Gasteiger partial charge in [-0.2, -0.15) is 4.39 Å². The molecule has 0 aliphatic carbocycles. The van der Waals surface area contributed by atoms with Crippen molar-refractivity contribution in [3.8, 4) is 11.4 Å². The van der Waals surface area contributed by atoms with Gasteiger partial charge >= 0.3 is 5.69 Å². The summed E-state index contributed by atoms with van der Waals surface area (Å²) in [6.45, 7) is 1.40. The van der Waals surface area contributed by atoms with E-state index in [0.717, 1.165) is 17.3 Å². The van der Waals surface area contributed by atoms with Crippen LogP contribution in [0.5, 0.6) is 0 Å². The van der Waals surface area contributed by atoms with Crippen molar-refractivity contribution in [1.82, 2.24) is 19.9 Å². The highest BCUT2D eigenvalue weighted by molar-refractivity contribution is 5.54. The summed E-state index contributed by atoms with van der Waals surface area (Å²) in [5, 5.41) is 10.9. The zero-order valence-corrected chi connectivity index (χ0v) is 14.8. The maximum absolute atomic E-state index is 13.5. The normalized spacial score (nSPS) is 13.9. The van der Waals surface area contributed by atoms with Crippen LogP contribution in [-0.4, -0.2) is 31.3 Å². The molecule has 0 unspecified atom stereocenters. The lowest BCUT2D eigenvalue weighted by atomic mass is 10.1. The van der Waals surface area contributed by atoms with E-state index in [4.69, 9.17) is 0 Å². The molecule has 0 fully saturated rings. The molecule has 0 atom stereocenters. The first-order valence-electron chi connectivity index (χ1n) is 8.69. The molecule has 0 saturated carbocycles. The van der Waals surface area contributed by atoms with Crippen LogP contribution in [0.1, 0.15) is 16.8 Å². The minimum atomic E-state index is -0.859. The number of aromatic nitrogens is 3. The van der Waals surface area contributed by atoms with E-state index in [0.29, 0.717) is 43.0 Å². The average molecular weight is 381 g/mol. The smallest absolute Gasteiger partial charge is 0.305 e. The largest absolute Gasteiger partial charge is 0.306 e. The van der Waals surface area contributed by atoms with Crippen LogP contribution in [-0.2, 0) is 19.5 Å². The topological polar surface area (TPSA) is 105 Å². The van der Waals surface area contributed by atoms with Crippen molar-refractivity contribution in [2.24, 2.45) is 0 Å². The van der Waals surface area contributed by atoms with Crippen LogP contribution in [0.15, 0.2) is 47.5 Å². The summed E-state index contributed by atoms with van der Waals surface area (Å²) in [5.74, 6) is -0.351. The molecular formula is C19H16FN5O3. The van der Waals surface area contributed by atoms with E-state index >= 15 is 0 Å². The average Bonchev–Trinajstić information content (AvgIpc) is 2.70. The van der Waals surface area contributed by atoms with Gasteiger partial charge in [0.25, 0.3) is 5.56 Å². The lowest BCUT2D eigenvalue weighted by Gasteiger charge is -2.27. The summed E-state index contributed by atoms with van der Waals surface area (Å²) in [6, 6.07) is 7.41. The molecule has 142 valence electrons. The van der Waals surface area contributed by atoms with E-state index in [-0.39, 0.29) is 5.56 Å². The van der Waals surface area contributed by atoms with Crippen LogP contribution in [0.3, 0.4) is 0 Å². The molecule has 4 rings (SSSR count). The highest BCUT2D eigenvalue weighted by atomic mass is 19.1. The Hall–Kier alpha value is -3.46. The lowest BCUT2D eigenvalue weighted by Crippen LogP contribution is -2.35. The van der Waals surface area contributed by atoms with Crippen LogP contribution in [0.25, 0.3) is 11.4 Å². The first-order chi connectivity index (χ1) is 13.5. The van der Waals surface area contributed by atoms with E-state index in [1.807, 2.05) is 4.90 Å². The Morgan fingerprint density at radius 2 is 2.04 bits per heavy atom. The SMILES string of the molecule is O=c1[nH]c(-c2ccncc2)nc2c1CN(Cc1ccc(F)c([N+](=O)[O-])c1)CC2. The molecule has 1 aromatic carbocycles. The fourth-order valence-electron chi connectivity index (χ4n) is 3.32. The van der Waals surface area contributed by atoms with Crippen molar-refractivity contribution in [3.63, 3.8) is 0 Å². The fourth-order valence-corrected chi connectivity index (χ4v) is 3.32. The third-order valence-electron chi connectivity index (χ3n) is 4.71. The van der Waals surface area contributed by atoms with Crippen molar-refractivity contribution >= 4 is 5.69 Å². The van der Waals surface area contributed by atoms with E-state index in [9.17, 15) is 19.3 Å². The molecular weight excluding hydrogens is 365 g/mol. The van der Waals surface area contributed by atoms with Crippen LogP contribution in [0.2, 0.25) is 0 Å². The third-order valence-corrected chi connectivity index (χ3v) is 4.71. The predicted molar refractivity (Wildman–Crippen MR) is 99.0 cm³/mol. The molecule has 3 heterocycles. The Labute approximate surface area is 158 Å². The number of nitrogens with zero attached hydrogens (tertiary/aromatic N) is 4. The van der Waals surface area contributed by atoms with Gasteiger partial charge in [-0.15, -0.1) is 0 Å². The molecule has 2 aromatic heterocycles. The Morgan fingerprint density at radius 1 is 1.25 bits per heavy atom. The van der Waals surface area contributed by atoms with E-state index in [1.165, 1.54) is 12.1 Å². The number of aromatic amines is 1. The highest BCUT2D eigenvalue weighted by Gasteiger charge is 2.23. The molecule has 28 heavy (non-hydrogen) atoms. The molecule has 9 heteroatoms. The van der Waals surface area contributed by atoms with Gasteiger partial charge in [0.2, 0.25) is 5.82 Å². The maximum atomic E-state index is 13.5. The van der Waals surface area contributed by atoms with E-state index < -0.39 is 16.4 Å². The molecule has 0 bridgehead atoms. The number of hydrogen-bond donors (Lipinski definition) is 1. The van der Waals surface area contributed by atoms with Crippen molar-refractivity contribution < 1.29 is 9.31 Å². The van der Waals surface area contributed by atoms with Crippen molar-refractivity contribution in [2.45, 2.75) is 19.5 Å². The fraction of sp³-hybridized carbons (Fsp3) is 0.211. The van der Waals surface area contributed by atoms with Gasteiger partial charge in [-0.3, -0.25) is 24.8 Å². The van der Waals surface area contributed by atoms with E-state index in [1.54, 1.807) is 24.5 Å². The van der Waals surface area contributed by atoms with Gasteiger partial charge in [0.15, 0.2) is 0 Å². The molecule has 0 radical (unpaired) electrons. The quantitative estimate of drug-likeness (QED) is 0.550. The Morgan fingerprint density at radius 3 is 2.79 bits per heavy atom. The molecule has 1 N–H and O–H groups in total.